The van der Waals surface area contributed by atoms with Gasteiger partial charge in [-0.15, -0.1) is 0 Å². The maximum atomic E-state index is 12.2. The molecule has 0 aromatic heterocycles. The molecule has 7 heteroatoms. The first kappa shape index (κ1) is 33.8. The molecule has 0 saturated heterocycles. The van der Waals surface area contributed by atoms with E-state index in [1.165, 1.54) is 6.42 Å². The fraction of sp³-hybridized carbons (Fsp3) is 0.889. The highest BCUT2D eigenvalue weighted by atomic mass is 28.4. The number of carbonyl (C=O) groups excluding carboxylic acids is 1. The van der Waals surface area contributed by atoms with Gasteiger partial charge in [0.25, 0.3) is 0 Å². The molecular formula is C27H58O4Si3. The van der Waals surface area contributed by atoms with Gasteiger partial charge in [-0.1, -0.05) is 53.8 Å². The van der Waals surface area contributed by atoms with Crippen LogP contribution in [0.25, 0.3) is 0 Å². The first-order chi connectivity index (χ1) is 14.7. The Hall–Kier alpha value is -0.219. The summed E-state index contributed by atoms with van der Waals surface area (Å²) in [5.74, 6) is -0.334. The SMILES string of the molecule is C=C(C)C(=O)OC(C)(C)CC(C)(C)[Si](C)(C)OC(C)(C)[Si](C)(C)OC(C)(C)[Si](C)(C)C(C)CC. The molecule has 0 aromatic rings. The summed E-state index contributed by atoms with van der Waals surface area (Å²) in [6, 6.07) is 0. The van der Waals surface area contributed by atoms with Gasteiger partial charge < -0.3 is 13.6 Å². The van der Waals surface area contributed by atoms with Crippen molar-refractivity contribution in [3.8, 4) is 0 Å². The Morgan fingerprint density at radius 3 is 1.62 bits per heavy atom. The fourth-order valence-electron chi connectivity index (χ4n) is 4.55. The summed E-state index contributed by atoms with van der Waals surface area (Å²) in [5.41, 5.74) is 0.510. The van der Waals surface area contributed by atoms with E-state index < -0.39 is 30.3 Å². The topological polar surface area (TPSA) is 44.8 Å². The van der Waals surface area contributed by atoms with Crippen LogP contribution >= 0.6 is 0 Å². The van der Waals surface area contributed by atoms with Gasteiger partial charge in [-0.3, -0.25) is 0 Å². The minimum absolute atomic E-state index is 0.131. The van der Waals surface area contributed by atoms with Crippen molar-refractivity contribution in [3.63, 3.8) is 0 Å². The number of esters is 1. The highest BCUT2D eigenvalue weighted by Crippen LogP contribution is 2.49. The minimum Gasteiger partial charge on any atom is -0.456 e. The van der Waals surface area contributed by atoms with E-state index in [1.54, 1.807) is 6.92 Å². The van der Waals surface area contributed by atoms with Gasteiger partial charge in [0.1, 0.15) is 5.60 Å². The van der Waals surface area contributed by atoms with Crippen LogP contribution in [0, 0.1) is 0 Å². The molecule has 0 radical (unpaired) electrons. The average Bonchev–Trinajstić information content (AvgIpc) is 2.56. The fourth-order valence-corrected chi connectivity index (χ4v) is 14.2. The lowest BCUT2D eigenvalue weighted by Crippen LogP contribution is -2.66. The summed E-state index contributed by atoms with van der Waals surface area (Å²) >= 11 is 0. The Kier molecular flexibility index (Phi) is 10.6. The van der Waals surface area contributed by atoms with E-state index in [0.717, 1.165) is 6.42 Å². The third-order valence-corrected chi connectivity index (χ3v) is 24.0. The molecule has 1 unspecified atom stereocenters. The second-order valence-corrected chi connectivity index (χ2v) is 28.9. The lowest BCUT2D eigenvalue weighted by atomic mass is 9.95. The molecule has 0 amide bonds. The van der Waals surface area contributed by atoms with Crippen LogP contribution in [-0.2, 0) is 18.4 Å². The molecule has 0 N–H and O–H groups in total. The van der Waals surface area contributed by atoms with Gasteiger partial charge in [-0.2, -0.15) is 0 Å². The molecule has 0 aliphatic rings. The number of rotatable bonds is 13. The molecule has 0 aliphatic heterocycles. The second kappa shape index (κ2) is 10.6. The molecular weight excluding hydrogens is 473 g/mol. The van der Waals surface area contributed by atoms with E-state index in [4.69, 9.17) is 13.6 Å². The van der Waals surface area contributed by atoms with Crippen molar-refractivity contribution in [1.82, 2.24) is 0 Å². The Labute approximate surface area is 215 Å². The largest absolute Gasteiger partial charge is 0.456 e. The molecule has 0 aromatic carbocycles. The zero-order valence-electron chi connectivity index (χ0n) is 25.8. The third-order valence-electron chi connectivity index (χ3n) is 9.08. The molecule has 0 aliphatic carbocycles. The summed E-state index contributed by atoms with van der Waals surface area (Å²) in [5, 5.41) is -0.637. The van der Waals surface area contributed by atoms with Crippen LogP contribution in [-0.4, -0.2) is 46.7 Å². The van der Waals surface area contributed by atoms with Crippen LogP contribution in [0.2, 0.25) is 49.9 Å². The highest BCUT2D eigenvalue weighted by molar-refractivity contribution is 6.83. The van der Waals surface area contributed by atoms with Gasteiger partial charge in [-0.25, -0.2) is 4.79 Å². The van der Waals surface area contributed by atoms with Crippen LogP contribution in [0.15, 0.2) is 12.2 Å². The van der Waals surface area contributed by atoms with Gasteiger partial charge in [0.2, 0.25) is 8.32 Å². The zero-order valence-corrected chi connectivity index (χ0v) is 28.8. The Morgan fingerprint density at radius 2 is 1.24 bits per heavy atom. The Bertz CT molecular complexity index is 734. The van der Waals surface area contributed by atoms with E-state index in [1.807, 2.05) is 13.8 Å². The average molecular weight is 531 g/mol. The van der Waals surface area contributed by atoms with Crippen molar-refractivity contribution in [2.24, 2.45) is 0 Å². The van der Waals surface area contributed by atoms with Gasteiger partial charge >= 0.3 is 5.97 Å². The van der Waals surface area contributed by atoms with Crippen LogP contribution in [0.1, 0.15) is 89.0 Å². The van der Waals surface area contributed by atoms with E-state index in [0.29, 0.717) is 11.1 Å². The Morgan fingerprint density at radius 1 is 0.824 bits per heavy atom. The summed E-state index contributed by atoms with van der Waals surface area (Å²) in [7, 11) is -6.20. The molecule has 1 atom stereocenters. The summed E-state index contributed by atoms with van der Waals surface area (Å²) in [6.07, 6.45) is 1.91. The lowest BCUT2D eigenvalue weighted by Gasteiger charge is -2.54. The van der Waals surface area contributed by atoms with Gasteiger partial charge in [0.05, 0.1) is 13.3 Å². The van der Waals surface area contributed by atoms with Gasteiger partial charge in [-0.05, 0) is 91.7 Å². The molecule has 202 valence electrons. The summed E-state index contributed by atoms with van der Waals surface area (Å²) < 4.78 is 20.0. The predicted octanol–water partition coefficient (Wildman–Crippen LogP) is 8.64. The number of hydrogen-bond donors (Lipinski definition) is 0. The van der Waals surface area contributed by atoms with E-state index in [-0.39, 0.29) is 21.5 Å². The van der Waals surface area contributed by atoms with Gasteiger partial charge in [0, 0.05) is 10.8 Å². The van der Waals surface area contributed by atoms with Crippen molar-refractivity contribution in [2.75, 3.05) is 0 Å². The van der Waals surface area contributed by atoms with Crippen molar-refractivity contribution in [3.05, 3.63) is 12.2 Å². The quantitative estimate of drug-likeness (QED) is 0.136. The maximum absolute atomic E-state index is 12.2. The molecule has 0 fully saturated rings. The van der Waals surface area contributed by atoms with Crippen molar-refractivity contribution in [2.45, 2.75) is 155 Å². The maximum Gasteiger partial charge on any atom is 0.333 e. The van der Waals surface area contributed by atoms with Crippen LogP contribution in [0.3, 0.4) is 0 Å². The Balaban J connectivity index is 5.85. The van der Waals surface area contributed by atoms with Crippen molar-refractivity contribution in [1.29, 1.82) is 0 Å². The number of hydrogen-bond acceptors (Lipinski definition) is 4. The van der Waals surface area contributed by atoms with E-state index in [2.05, 4.69) is 101 Å². The zero-order chi connectivity index (χ0) is 27.8. The molecule has 34 heavy (non-hydrogen) atoms. The van der Waals surface area contributed by atoms with Crippen molar-refractivity contribution >= 4 is 30.7 Å². The normalized spacial score (nSPS) is 15.8. The first-order valence-electron chi connectivity index (χ1n) is 13.0. The molecule has 0 saturated carbocycles. The second-order valence-electron chi connectivity index (χ2n) is 14.3. The predicted molar refractivity (Wildman–Crippen MR) is 156 cm³/mol. The molecule has 4 nitrogen and oxygen atoms in total. The monoisotopic (exact) mass is 530 g/mol. The molecule has 0 bridgehead atoms. The molecule has 0 spiro atoms. The van der Waals surface area contributed by atoms with Crippen LogP contribution in [0.5, 0.6) is 0 Å². The highest BCUT2D eigenvalue weighted by Gasteiger charge is 2.55. The van der Waals surface area contributed by atoms with Crippen LogP contribution in [0.4, 0.5) is 0 Å². The van der Waals surface area contributed by atoms with Crippen LogP contribution < -0.4 is 0 Å². The number of ether oxygens (including phenoxy) is 1. The molecule has 0 heterocycles. The summed E-state index contributed by atoms with van der Waals surface area (Å²) in [6.45, 7) is 41.8. The summed E-state index contributed by atoms with van der Waals surface area (Å²) in [4.78, 5) is 12.2. The third kappa shape index (κ3) is 7.89. The molecule has 0 rings (SSSR count). The minimum atomic E-state index is -2.27. The van der Waals surface area contributed by atoms with Crippen molar-refractivity contribution < 1.29 is 18.4 Å². The standard InChI is InChI=1S/C27H58O4Si3/c1-19-22(4)32(13,14)26(9,10)30-34(17,18)27(11,12)31-33(15,16)25(7,8)20-24(5,6)29-23(28)21(2)3/h22H,2,19-20H2,1,3-18H3. The smallest absolute Gasteiger partial charge is 0.333 e. The lowest BCUT2D eigenvalue weighted by molar-refractivity contribution is -0.152. The van der Waals surface area contributed by atoms with Gasteiger partial charge in [0.15, 0.2) is 8.32 Å². The first-order valence-corrected chi connectivity index (χ1v) is 21.9. The van der Waals surface area contributed by atoms with E-state index in [9.17, 15) is 4.79 Å². The number of carbonyl (C=O) groups is 1. The van der Waals surface area contributed by atoms with E-state index >= 15 is 0 Å².